The second kappa shape index (κ2) is 7.46. The van der Waals surface area contributed by atoms with Crippen molar-refractivity contribution in [3.8, 4) is 0 Å². The lowest BCUT2D eigenvalue weighted by Gasteiger charge is -2.33. The fourth-order valence-corrected chi connectivity index (χ4v) is 2.75. The Morgan fingerprint density at radius 3 is 2.56 bits per heavy atom. The summed E-state index contributed by atoms with van der Waals surface area (Å²) in [5.74, 6) is 0. The maximum absolute atomic E-state index is 5.79. The first kappa shape index (κ1) is 15.9. The summed E-state index contributed by atoms with van der Waals surface area (Å²) >= 11 is 0. The minimum absolute atomic E-state index is 0.330. The summed E-state index contributed by atoms with van der Waals surface area (Å²) in [6, 6.07) is 0.576. The van der Waals surface area contributed by atoms with Crippen LogP contribution < -0.4 is 5.32 Å². The van der Waals surface area contributed by atoms with Crippen LogP contribution >= 0.6 is 0 Å². The van der Waals surface area contributed by atoms with E-state index < -0.39 is 0 Å². The van der Waals surface area contributed by atoms with Gasteiger partial charge in [-0.1, -0.05) is 20.8 Å². The quantitative estimate of drug-likeness (QED) is 0.790. The molecule has 0 saturated carbocycles. The molecule has 0 aromatic heterocycles. The highest BCUT2D eigenvalue weighted by Gasteiger charge is 2.23. The van der Waals surface area contributed by atoms with Crippen molar-refractivity contribution >= 4 is 0 Å². The molecule has 18 heavy (non-hydrogen) atoms. The van der Waals surface area contributed by atoms with Crippen molar-refractivity contribution in [3.05, 3.63) is 0 Å². The van der Waals surface area contributed by atoms with Crippen LogP contribution in [0.5, 0.6) is 0 Å². The lowest BCUT2D eigenvalue weighted by atomic mass is 9.85. The first-order valence-electron chi connectivity index (χ1n) is 7.41. The lowest BCUT2D eigenvalue weighted by molar-refractivity contribution is -0.00228. The second-order valence-corrected chi connectivity index (χ2v) is 6.75. The van der Waals surface area contributed by atoms with Gasteiger partial charge in [0.05, 0.1) is 6.10 Å². The number of hydrogen-bond acceptors (Lipinski definition) is 3. The zero-order chi connectivity index (χ0) is 13.6. The van der Waals surface area contributed by atoms with Gasteiger partial charge in [-0.3, -0.25) is 0 Å². The third-order valence-corrected chi connectivity index (χ3v) is 3.98. The molecule has 1 N–H and O–H groups in total. The van der Waals surface area contributed by atoms with Crippen LogP contribution in [0.4, 0.5) is 0 Å². The lowest BCUT2D eigenvalue weighted by Crippen LogP contribution is -2.42. The third-order valence-electron chi connectivity index (χ3n) is 3.98. The first-order chi connectivity index (χ1) is 8.43. The van der Waals surface area contributed by atoms with Crippen molar-refractivity contribution in [2.45, 2.75) is 58.6 Å². The SMILES string of the molecule is CNC(CCN(C)CC1CCCCO1)C(C)(C)C. The predicted molar refractivity (Wildman–Crippen MR) is 78.0 cm³/mol. The zero-order valence-corrected chi connectivity index (χ0v) is 13.0. The molecular weight excluding hydrogens is 224 g/mol. The van der Waals surface area contributed by atoms with E-state index in [2.05, 4.69) is 45.1 Å². The van der Waals surface area contributed by atoms with E-state index in [1.807, 2.05) is 0 Å². The second-order valence-electron chi connectivity index (χ2n) is 6.75. The minimum Gasteiger partial charge on any atom is -0.377 e. The van der Waals surface area contributed by atoms with Crippen molar-refractivity contribution in [1.29, 1.82) is 0 Å². The molecule has 0 bridgehead atoms. The Kier molecular flexibility index (Phi) is 6.61. The molecule has 0 spiro atoms. The van der Waals surface area contributed by atoms with E-state index in [0.717, 1.165) is 19.7 Å². The van der Waals surface area contributed by atoms with E-state index in [9.17, 15) is 0 Å². The maximum Gasteiger partial charge on any atom is 0.0701 e. The summed E-state index contributed by atoms with van der Waals surface area (Å²) in [5.41, 5.74) is 0.330. The molecule has 1 fully saturated rings. The number of ether oxygens (including phenoxy) is 1. The molecule has 1 rings (SSSR count). The van der Waals surface area contributed by atoms with Gasteiger partial charge in [0.15, 0.2) is 0 Å². The summed E-state index contributed by atoms with van der Waals surface area (Å²) in [6.07, 6.45) is 5.47. The highest BCUT2D eigenvalue weighted by Crippen LogP contribution is 2.21. The number of nitrogens with one attached hydrogen (secondary N) is 1. The van der Waals surface area contributed by atoms with Crippen molar-refractivity contribution in [1.82, 2.24) is 10.2 Å². The van der Waals surface area contributed by atoms with Crippen LogP contribution in [0.1, 0.15) is 46.5 Å². The minimum atomic E-state index is 0.330. The van der Waals surface area contributed by atoms with E-state index in [1.165, 1.54) is 25.7 Å². The van der Waals surface area contributed by atoms with Gasteiger partial charge in [-0.15, -0.1) is 0 Å². The molecule has 1 heterocycles. The Labute approximate surface area is 113 Å². The average molecular weight is 256 g/mol. The fourth-order valence-electron chi connectivity index (χ4n) is 2.75. The van der Waals surface area contributed by atoms with Gasteiger partial charge in [-0.2, -0.15) is 0 Å². The van der Waals surface area contributed by atoms with Gasteiger partial charge in [0.1, 0.15) is 0 Å². The largest absolute Gasteiger partial charge is 0.377 e. The molecular formula is C15H32N2O. The Hall–Kier alpha value is -0.120. The normalized spacial score (nSPS) is 23.3. The van der Waals surface area contributed by atoms with Crippen LogP contribution in [0.25, 0.3) is 0 Å². The maximum atomic E-state index is 5.79. The fraction of sp³-hybridized carbons (Fsp3) is 1.00. The summed E-state index contributed by atoms with van der Waals surface area (Å²) < 4.78 is 5.79. The van der Waals surface area contributed by atoms with Crippen LogP contribution in [0, 0.1) is 5.41 Å². The van der Waals surface area contributed by atoms with Crippen LogP contribution in [-0.4, -0.2) is 50.8 Å². The molecule has 2 unspecified atom stereocenters. The van der Waals surface area contributed by atoms with E-state index in [1.54, 1.807) is 0 Å². The molecule has 2 atom stereocenters. The molecule has 3 heteroatoms. The molecule has 0 radical (unpaired) electrons. The van der Waals surface area contributed by atoms with Crippen molar-refractivity contribution < 1.29 is 4.74 Å². The molecule has 1 saturated heterocycles. The first-order valence-corrected chi connectivity index (χ1v) is 7.41. The van der Waals surface area contributed by atoms with E-state index in [-0.39, 0.29) is 0 Å². The molecule has 3 nitrogen and oxygen atoms in total. The molecule has 108 valence electrons. The van der Waals surface area contributed by atoms with Gasteiger partial charge in [-0.25, -0.2) is 0 Å². The topological polar surface area (TPSA) is 24.5 Å². The standard InChI is InChI=1S/C15H32N2O/c1-15(2,3)14(16-4)9-10-17(5)12-13-8-6-7-11-18-13/h13-14,16H,6-12H2,1-5H3. The summed E-state index contributed by atoms with van der Waals surface area (Å²) in [6.45, 7) is 10.1. The summed E-state index contributed by atoms with van der Waals surface area (Å²) in [5, 5.41) is 3.44. The Balaban J connectivity index is 2.24. The van der Waals surface area contributed by atoms with Crippen LogP contribution in [0.3, 0.4) is 0 Å². The van der Waals surface area contributed by atoms with Crippen LogP contribution in [0.2, 0.25) is 0 Å². The van der Waals surface area contributed by atoms with Gasteiger partial charge in [0.25, 0.3) is 0 Å². The third kappa shape index (κ3) is 5.68. The number of rotatable bonds is 6. The Morgan fingerprint density at radius 2 is 2.06 bits per heavy atom. The van der Waals surface area contributed by atoms with Crippen molar-refractivity contribution in [2.24, 2.45) is 5.41 Å². The zero-order valence-electron chi connectivity index (χ0n) is 13.0. The Morgan fingerprint density at radius 1 is 1.33 bits per heavy atom. The highest BCUT2D eigenvalue weighted by molar-refractivity contribution is 4.80. The van der Waals surface area contributed by atoms with Crippen LogP contribution in [-0.2, 0) is 4.74 Å². The Bertz CT molecular complexity index is 219. The molecule has 0 aromatic rings. The molecule has 1 aliphatic heterocycles. The van der Waals surface area contributed by atoms with Gasteiger partial charge in [0, 0.05) is 19.2 Å². The van der Waals surface area contributed by atoms with E-state index in [0.29, 0.717) is 17.6 Å². The van der Waals surface area contributed by atoms with E-state index >= 15 is 0 Å². The van der Waals surface area contributed by atoms with Gasteiger partial charge in [0.2, 0.25) is 0 Å². The number of likely N-dealkylation sites (N-methyl/N-ethyl adjacent to an activating group) is 1. The number of hydrogen-bond donors (Lipinski definition) is 1. The van der Waals surface area contributed by atoms with Crippen LogP contribution in [0.15, 0.2) is 0 Å². The van der Waals surface area contributed by atoms with Crippen molar-refractivity contribution in [3.63, 3.8) is 0 Å². The monoisotopic (exact) mass is 256 g/mol. The molecule has 0 amide bonds. The molecule has 0 aromatic carbocycles. The highest BCUT2D eigenvalue weighted by atomic mass is 16.5. The van der Waals surface area contributed by atoms with E-state index in [4.69, 9.17) is 4.74 Å². The van der Waals surface area contributed by atoms with Gasteiger partial charge in [-0.05, 0) is 51.7 Å². The molecule has 0 aliphatic carbocycles. The van der Waals surface area contributed by atoms with Gasteiger partial charge < -0.3 is 15.0 Å². The van der Waals surface area contributed by atoms with Crippen molar-refractivity contribution in [2.75, 3.05) is 33.8 Å². The predicted octanol–water partition coefficient (Wildman–Crippen LogP) is 2.51. The summed E-state index contributed by atoms with van der Waals surface area (Å²) in [4.78, 5) is 2.42. The average Bonchev–Trinajstić information content (AvgIpc) is 2.29. The molecule has 1 aliphatic rings. The smallest absolute Gasteiger partial charge is 0.0701 e. The van der Waals surface area contributed by atoms with Gasteiger partial charge >= 0.3 is 0 Å². The number of nitrogens with zero attached hydrogens (tertiary/aromatic N) is 1. The summed E-state index contributed by atoms with van der Waals surface area (Å²) in [7, 11) is 4.29.